The smallest absolute Gasteiger partial charge is 0.407 e. The van der Waals surface area contributed by atoms with Crippen LogP contribution in [0.3, 0.4) is 0 Å². The number of nitrogens with one attached hydrogen (secondary N) is 1. The van der Waals surface area contributed by atoms with Crippen molar-refractivity contribution < 1.29 is 19.1 Å². The molecule has 210 valence electrons. The molecular formula is C31H34ClN3O4S. The Bertz CT molecular complexity index is 1490. The number of carbonyl (C=O) groups excluding carboxylic acids is 2. The quantitative estimate of drug-likeness (QED) is 0.157. The topological polar surface area (TPSA) is 82.4 Å². The number of aromatic nitrogens is 2. The van der Waals surface area contributed by atoms with Crippen LogP contribution in [0.4, 0.5) is 4.79 Å². The Morgan fingerprint density at radius 2 is 1.70 bits per heavy atom. The highest BCUT2D eigenvalue weighted by atomic mass is 35.5. The van der Waals surface area contributed by atoms with Gasteiger partial charge < -0.3 is 19.4 Å². The van der Waals surface area contributed by atoms with E-state index in [4.69, 9.17) is 26.1 Å². The van der Waals surface area contributed by atoms with Crippen LogP contribution in [0.25, 0.3) is 10.8 Å². The lowest BCUT2D eigenvalue weighted by molar-refractivity contribution is 0.0516. The van der Waals surface area contributed by atoms with Crippen molar-refractivity contribution >= 4 is 46.2 Å². The molecule has 0 aliphatic heterocycles. The van der Waals surface area contributed by atoms with Crippen LogP contribution in [-0.4, -0.2) is 40.4 Å². The van der Waals surface area contributed by atoms with E-state index in [0.29, 0.717) is 48.3 Å². The summed E-state index contributed by atoms with van der Waals surface area (Å²) >= 11 is 8.43. The van der Waals surface area contributed by atoms with E-state index in [9.17, 15) is 9.59 Å². The highest BCUT2D eigenvalue weighted by molar-refractivity contribution is 7.98. The van der Waals surface area contributed by atoms with Gasteiger partial charge in [0, 0.05) is 18.7 Å². The van der Waals surface area contributed by atoms with Gasteiger partial charge in [-0.05, 0) is 55.7 Å². The van der Waals surface area contributed by atoms with Crippen molar-refractivity contribution in [3.05, 3.63) is 94.3 Å². The summed E-state index contributed by atoms with van der Waals surface area (Å²) in [5.74, 6) is 0.165. The molecule has 7 nitrogen and oxygen atoms in total. The number of amides is 1. The standard InChI is InChI=1S/C31H34ClN3O4S/c1-5-38-28(36)25-16-9-7-12-23(25)20-40-29-34-26(17-18-33-30(37)39-31(2,3)4)27(32)35(29)19-22-14-10-13-21-11-6-8-15-24(21)22/h6-16H,5,17-20H2,1-4H3,(H,33,37). The zero-order valence-corrected chi connectivity index (χ0v) is 24.8. The molecule has 0 saturated heterocycles. The van der Waals surface area contributed by atoms with Gasteiger partial charge in [-0.2, -0.15) is 0 Å². The summed E-state index contributed by atoms with van der Waals surface area (Å²) in [6.45, 7) is 8.42. The van der Waals surface area contributed by atoms with E-state index in [1.807, 2.05) is 61.7 Å². The molecule has 0 bridgehead atoms. The van der Waals surface area contributed by atoms with Gasteiger partial charge in [0.05, 0.1) is 24.4 Å². The van der Waals surface area contributed by atoms with Crippen LogP contribution < -0.4 is 5.32 Å². The fourth-order valence-electron chi connectivity index (χ4n) is 4.26. The third-order valence-corrected chi connectivity index (χ3v) is 7.49. The minimum Gasteiger partial charge on any atom is -0.462 e. The number of thioether (sulfide) groups is 1. The molecule has 40 heavy (non-hydrogen) atoms. The maximum absolute atomic E-state index is 12.5. The number of hydrogen-bond acceptors (Lipinski definition) is 6. The van der Waals surface area contributed by atoms with Gasteiger partial charge in [0.15, 0.2) is 5.16 Å². The first-order valence-corrected chi connectivity index (χ1v) is 14.6. The van der Waals surface area contributed by atoms with Gasteiger partial charge in [0.2, 0.25) is 0 Å². The van der Waals surface area contributed by atoms with E-state index in [-0.39, 0.29) is 5.97 Å². The molecule has 1 amide bonds. The van der Waals surface area contributed by atoms with Crippen LogP contribution in [0.15, 0.2) is 71.9 Å². The van der Waals surface area contributed by atoms with Crippen LogP contribution in [0.1, 0.15) is 54.9 Å². The third-order valence-electron chi connectivity index (χ3n) is 6.04. The first-order chi connectivity index (χ1) is 19.2. The largest absolute Gasteiger partial charge is 0.462 e. The molecule has 1 N–H and O–H groups in total. The number of benzene rings is 3. The summed E-state index contributed by atoms with van der Waals surface area (Å²) < 4.78 is 12.6. The van der Waals surface area contributed by atoms with Gasteiger partial charge in [0.25, 0.3) is 0 Å². The molecule has 0 fully saturated rings. The lowest BCUT2D eigenvalue weighted by atomic mass is 10.0. The summed E-state index contributed by atoms with van der Waals surface area (Å²) in [5.41, 5.74) is 2.61. The van der Waals surface area contributed by atoms with Crippen molar-refractivity contribution in [2.24, 2.45) is 0 Å². The first-order valence-electron chi connectivity index (χ1n) is 13.2. The van der Waals surface area contributed by atoms with Crippen LogP contribution in [-0.2, 0) is 28.2 Å². The lowest BCUT2D eigenvalue weighted by Crippen LogP contribution is -2.33. The molecule has 1 heterocycles. The number of rotatable bonds is 10. The number of halogens is 1. The highest BCUT2D eigenvalue weighted by Crippen LogP contribution is 2.31. The van der Waals surface area contributed by atoms with Crippen molar-refractivity contribution in [3.8, 4) is 0 Å². The summed E-state index contributed by atoms with van der Waals surface area (Å²) in [6.07, 6.45) is -0.0443. The van der Waals surface area contributed by atoms with E-state index >= 15 is 0 Å². The average molecular weight is 580 g/mol. The second-order valence-corrected chi connectivity index (χ2v) is 11.5. The molecule has 0 aliphatic rings. The highest BCUT2D eigenvalue weighted by Gasteiger charge is 2.20. The number of carbonyl (C=O) groups is 2. The number of imidazole rings is 1. The molecule has 0 saturated carbocycles. The fraction of sp³-hybridized carbons (Fsp3) is 0.323. The minimum atomic E-state index is -0.578. The maximum Gasteiger partial charge on any atom is 0.407 e. The number of hydrogen-bond donors (Lipinski definition) is 1. The van der Waals surface area contributed by atoms with Crippen molar-refractivity contribution in [2.75, 3.05) is 13.2 Å². The molecule has 4 rings (SSSR count). The summed E-state index contributed by atoms with van der Waals surface area (Å²) in [4.78, 5) is 29.5. The zero-order chi connectivity index (χ0) is 28.7. The fourth-order valence-corrected chi connectivity index (χ4v) is 5.61. The molecule has 1 aromatic heterocycles. The molecule has 0 radical (unpaired) electrons. The van der Waals surface area contributed by atoms with Crippen molar-refractivity contribution in [3.63, 3.8) is 0 Å². The number of alkyl carbamates (subject to hydrolysis) is 1. The van der Waals surface area contributed by atoms with E-state index in [2.05, 4.69) is 29.6 Å². The van der Waals surface area contributed by atoms with E-state index < -0.39 is 11.7 Å². The Morgan fingerprint density at radius 3 is 2.48 bits per heavy atom. The predicted octanol–water partition coefficient (Wildman–Crippen LogP) is 7.27. The summed E-state index contributed by atoms with van der Waals surface area (Å²) in [6, 6.07) is 21.9. The average Bonchev–Trinajstić information content (AvgIpc) is 3.21. The van der Waals surface area contributed by atoms with Gasteiger partial charge in [0.1, 0.15) is 10.8 Å². The Balaban J connectivity index is 1.60. The molecule has 3 aromatic carbocycles. The summed E-state index contributed by atoms with van der Waals surface area (Å²) in [7, 11) is 0. The summed E-state index contributed by atoms with van der Waals surface area (Å²) in [5, 5.41) is 6.31. The van der Waals surface area contributed by atoms with Crippen molar-refractivity contribution in [1.82, 2.24) is 14.9 Å². The Hall–Kier alpha value is -3.49. The molecule has 4 aromatic rings. The molecule has 0 atom stereocenters. The Labute approximate surface area is 244 Å². The Morgan fingerprint density at radius 1 is 1.00 bits per heavy atom. The van der Waals surface area contributed by atoms with Crippen molar-refractivity contribution in [1.29, 1.82) is 0 Å². The molecule has 9 heteroatoms. The number of esters is 1. The van der Waals surface area contributed by atoms with Gasteiger partial charge in [-0.15, -0.1) is 0 Å². The second-order valence-electron chi connectivity index (χ2n) is 10.2. The van der Waals surface area contributed by atoms with E-state index in [0.717, 1.165) is 27.1 Å². The molecule has 0 spiro atoms. The van der Waals surface area contributed by atoms with Gasteiger partial charge in [-0.25, -0.2) is 14.6 Å². The van der Waals surface area contributed by atoms with Crippen LogP contribution >= 0.6 is 23.4 Å². The van der Waals surface area contributed by atoms with Gasteiger partial charge in [-0.1, -0.05) is 84.0 Å². The van der Waals surface area contributed by atoms with E-state index in [1.165, 1.54) is 11.8 Å². The van der Waals surface area contributed by atoms with Gasteiger partial charge >= 0.3 is 12.1 Å². The Kier molecular flexibility index (Phi) is 9.76. The maximum atomic E-state index is 12.5. The number of fused-ring (bicyclic) bond motifs is 1. The zero-order valence-electron chi connectivity index (χ0n) is 23.2. The third kappa shape index (κ3) is 7.58. The van der Waals surface area contributed by atoms with Crippen LogP contribution in [0.5, 0.6) is 0 Å². The van der Waals surface area contributed by atoms with Crippen LogP contribution in [0.2, 0.25) is 5.15 Å². The monoisotopic (exact) mass is 579 g/mol. The second kappa shape index (κ2) is 13.2. The molecular weight excluding hydrogens is 546 g/mol. The number of nitrogens with zero attached hydrogens (tertiary/aromatic N) is 2. The van der Waals surface area contributed by atoms with Crippen LogP contribution in [0, 0.1) is 0 Å². The van der Waals surface area contributed by atoms with Crippen molar-refractivity contribution in [2.45, 2.75) is 57.2 Å². The number of ether oxygens (including phenoxy) is 2. The normalized spacial score (nSPS) is 11.4. The first kappa shape index (κ1) is 29.5. The minimum absolute atomic E-state index is 0.312. The predicted molar refractivity (Wildman–Crippen MR) is 160 cm³/mol. The molecule has 0 aliphatic carbocycles. The lowest BCUT2D eigenvalue weighted by Gasteiger charge is -2.19. The molecule has 0 unspecified atom stereocenters. The van der Waals surface area contributed by atoms with E-state index in [1.54, 1.807) is 13.0 Å². The SMILES string of the molecule is CCOC(=O)c1ccccc1CSc1nc(CCNC(=O)OC(C)(C)C)c(Cl)n1Cc1cccc2ccccc12. The van der Waals surface area contributed by atoms with Gasteiger partial charge in [-0.3, -0.25) is 0 Å².